The molecule has 13 heteroatoms. The van der Waals surface area contributed by atoms with Crippen molar-refractivity contribution in [3.05, 3.63) is 47.2 Å². The number of nitriles is 1. The van der Waals surface area contributed by atoms with Gasteiger partial charge >= 0.3 is 18.2 Å². The summed E-state index contributed by atoms with van der Waals surface area (Å²) >= 11 is 0. The maximum atomic E-state index is 13.1. The number of piperidine rings is 1. The van der Waals surface area contributed by atoms with Gasteiger partial charge in [0, 0.05) is 64.1 Å². The Labute approximate surface area is 263 Å². The minimum absolute atomic E-state index is 0.0336. The topological polar surface area (TPSA) is 145 Å². The van der Waals surface area contributed by atoms with Gasteiger partial charge in [-0.3, -0.25) is 4.90 Å². The molecule has 2 aromatic rings. The predicted octanol–water partition coefficient (Wildman–Crippen LogP) is 3.28. The van der Waals surface area contributed by atoms with E-state index in [-0.39, 0.29) is 31.7 Å². The summed E-state index contributed by atoms with van der Waals surface area (Å²) in [6, 6.07) is 12.1. The predicted molar refractivity (Wildman–Crippen MR) is 163 cm³/mol. The number of fused-ring (bicyclic) bond motifs is 1. The Morgan fingerprint density at radius 3 is 2.53 bits per heavy atom. The first kappa shape index (κ1) is 30.9. The van der Waals surface area contributed by atoms with Crippen molar-refractivity contribution in [3.8, 4) is 12.1 Å². The van der Waals surface area contributed by atoms with Gasteiger partial charge in [-0.05, 0) is 37.7 Å². The zero-order valence-electron chi connectivity index (χ0n) is 25.6. The number of anilines is 1. The van der Waals surface area contributed by atoms with E-state index in [1.165, 1.54) is 4.90 Å². The number of nitrogens with zero attached hydrogens (tertiary/aromatic N) is 7. The minimum atomic E-state index is -0.986. The van der Waals surface area contributed by atoms with Crippen LogP contribution in [-0.4, -0.2) is 113 Å². The normalized spacial score (nSPS) is 21.6. The summed E-state index contributed by atoms with van der Waals surface area (Å²) < 4.78 is 17.5. The van der Waals surface area contributed by atoms with Crippen LogP contribution in [0, 0.1) is 11.3 Å². The molecule has 3 fully saturated rings. The van der Waals surface area contributed by atoms with Crippen molar-refractivity contribution < 1.29 is 28.9 Å². The van der Waals surface area contributed by atoms with Crippen molar-refractivity contribution in [1.29, 1.82) is 5.26 Å². The minimum Gasteiger partial charge on any atom is -0.465 e. The molecule has 1 atom stereocenters. The summed E-state index contributed by atoms with van der Waals surface area (Å²) in [7, 11) is 0. The molecule has 0 aliphatic carbocycles. The first-order chi connectivity index (χ1) is 22.0. The van der Waals surface area contributed by atoms with E-state index in [1.807, 2.05) is 30.3 Å². The van der Waals surface area contributed by atoms with Gasteiger partial charge in [-0.25, -0.2) is 9.59 Å². The van der Waals surface area contributed by atoms with Crippen LogP contribution in [0.5, 0.6) is 6.01 Å². The molecule has 0 radical (unpaired) electrons. The van der Waals surface area contributed by atoms with Crippen LogP contribution in [0.25, 0.3) is 0 Å². The van der Waals surface area contributed by atoms with E-state index in [4.69, 9.17) is 24.2 Å². The van der Waals surface area contributed by atoms with Gasteiger partial charge in [0.1, 0.15) is 18.5 Å². The van der Waals surface area contributed by atoms with Crippen LogP contribution in [0.1, 0.15) is 48.9 Å². The molecule has 13 nitrogen and oxygen atoms in total. The van der Waals surface area contributed by atoms with Crippen molar-refractivity contribution in [1.82, 2.24) is 24.7 Å². The monoisotopic (exact) mass is 619 g/mol. The molecule has 1 aromatic carbocycles. The summed E-state index contributed by atoms with van der Waals surface area (Å²) in [5, 5.41) is 19.3. The molecule has 4 aliphatic heterocycles. The molecule has 5 heterocycles. The SMILES string of the molecule is N#CC[C@H]1CN(c2nc(OC3CCN(C4CCOCC4)CC3)nc3c2CCN(C(=O)O)C3)CCN1C(=O)OCc1ccccc1. The van der Waals surface area contributed by atoms with Gasteiger partial charge in [-0.1, -0.05) is 30.3 Å². The van der Waals surface area contributed by atoms with Crippen molar-refractivity contribution in [2.24, 2.45) is 0 Å². The zero-order valence-corrected chi connectivity index (χ0v) is 25.6. The number of rotatable bonds is 7. The Hall–Kier alpha value is -4.15. The molecule has 3 saturated heterocycles. The highest BCUT2D eigenvalue weighted by Gasteiger charge is 2.36. The summed E-state index contributed by atoms with van der Waals surface area (Å²) in [6.45, 7) is 5.42. The highest BCUT2D eigenvalue weighted by atomic mass is 16.6. The first-order valence-corrected chi connectivity index (χ1v) is 15.9. The smallest absolute Gasteiger partial charge is 0.410 e. The highest BCUT2D eigenvalue weighted by Crippen LogP contribution is 2.32. The summed E-state index contributed by atoms with van der Waals surface area (Å²) in [4.78, 5) is 42.1. The fraction of sp³-hybridized carbons (Fsp3) is 0.594. The second-order valence-corrected chi connectivity index (χ2v) is 12.1. The molecule has 6 rings (SSSR count). The lowest BCUT2D eigenvalue weighted by atomic mass is 10.0. The average Bonchev–Trinajstić information content (AvgIpc) is 3.08. The first-order valence-electron chi connectivity index (χ1n) is 15.9. The molecule has 0 bridgehead atoms. The Bertz CT molecular complexity index is 1370. The van der Waals surface area contributed by atoms with Crippen LogP contribution < -0.4 is 9.64 Å². The fourth-order valence-electron chi connectivity index (χ4n) is 6.79. The number of likely N-dealkylation sites (tertiary alicyclic amines) is 1. The lowest BCUT2D eigenvalue weighted by molar-refractivity contribution is 0.00863. The van der Waals surface area contributed by atoms with Crippen LogP contribution in [0.15, 0.2) is 30.3 Å². The van der Waals surface area contributed by atoms with E-state index in [9.17, 15) is 20.0 Å². The largest absolute Gasteiger partial charge is 0.465 e. The average molecular weight is 620 g/mol. The maximum absolute atomic E-state index is 13.1. The van der Waals surface area contributed by atoms with Crippen molar-refractivity contribution in [2.45, 2.75) is 69.9 Å². The van der Waals surface area contributed by atoms with Crippen LogP contribution in [0.2, 0.25) is 0 Å². The van der Waals surface area contributed by atoms with Crippen LogP contribution >= 0.6 is 0 Å². The molecule has 1 N–H and O–H groups in total. The van der Waals surface area contributed by atoms with Crippen molar-refractivity contribution >= 4 is 18.0 Å². The van der Waals surface area contributed by atoms with Gasteiger partial charge in [-0.2, -0.15) is 15.2 Å². The Kier molecular flexibility index (Phi) is 9.81. The lowest BCUT2D eigenvalue weighted by Crippen LogP contribution is -2.56. The van der Waals surface area contributed by atoms with Crippen LogP contribution in [-0.2, 0) is 29.0 Å². The van der Waals surface area contributed by atoms with Gasteiger partial charge in [0.2, 0.25) is 0 Å². The number of carboxylic acid groups (broad SMARTS) is 1. The Morgan fingerprint density at radius 2 is 1.80 bits per heavy atom. The second kappa shape index (κ2) is 14.3. The van der Waals surface area contributed by atoms with E-state index < -0.39 is 18.2 Å². The Morgan fingerprint density at radius 1 is 1.02 bits per heavy atom. The van der Waals surface area contributed by atoms with E-state index in [0.717, 1.165) is 63.1 Å². The van der Waals surface area contributed by atoms with E-state index >= 15 is 0 Å². The summed E-state index contributed by atoms with van der Waals surface area (Å²) in [5.74, 6) is 0.694. The molecule has 4 aliphatic rings. The molecule has 1 aromatic heterocycles. The number of piperazine rings is 1. The van der Waals surface area contributed by atoms with Gasteiger partial charge < -0.3 is 34.0 Å². The summed E-state index contributed by atoms with van der Waals surface area (Å²) in [6.07, 6.45) is 3.01. The number of hydrogen-bond donors (Lipinski definition) is 1. The van der Waals surface area contributed by atoms with Gasteiger partial charge in [0.15, 0.2) is 0 Å². The van der Waals surface area contributed by atoms with Gasteiger partial charge in [0.05, 0.1) is 30.8 Å². The second-order valence-electron chi connectivity index (χ2n) is 12.1. The number of amides is 2. The third-order valence-corrected chi connectivity index (χ3v) is 9.30. The van der Waals surface area contributed by atoms with Gasteiger partial charge in [0.25, 0.3) is 0 Å². The number of benzene rings is 1. The van der Waals surface area contributed by atoms with Crippen LogP contribution in [0.3, 0.4) is 0 Å². The maximum Gasteiger partial charge on any atom is 0.410 e. The van der Waals surface area contributed by atoms with E-state index in [1.54, 1.807) is 4.90 Å². The fourth-order valence-corrected chi connectivity index (χ4v) is 6.79. The quantitative estimate of drug-likeness (QED) is 0.488. The lowest BCUT2D eigenvalue weighted by Gasteiger charge is -2.41. The highest BCUT2D eigenvalue weighted by molar-refractivity contribution is 5.69. The molecule has 2 amide bonds. The molecule has 0 saturated carbocycles. The number of carbonyl (C=O) groups is 2. The third-order valence-electron chi connectivity index (χ3n) is 9.30. The zero-order chi connectivity index (χ0) is 31.2. The number of hydrogen-bond acceptors (Lipinski definition) is 10. The molecule has 0 spiro atoms. The molecule has 45 heavy (non-hydrogen) atoms. The number of carbonyl (C=O) groups excluding carboxylic acids is 1. The van der Waals surface area contributed by atoms with Gasteiger partial charge in [-0.15, -0.1) is 0 Å². The molecular formula is C32H41N7O6. The number of aromatic nitrogens is 2. The molecule has 0 unspecified atom stereocenters. The van der Waals surface area contributed by atoms with E-state index in [2.05, 4.69) is 15.9 Å². The van der Waals surface area contributed by atoms with E-state index in [0.29, 0.717) is 50.2 Å². The standard InChI is InChI=1S/C32H41N7O6/c33-12-6-25-20-37(16-17-39(25)32(42)44-22-23-4-2-1-3-5-23)29-27-9-15-38(31(40)41)21-28(27)34-30(35-29)45-26-7-13-36(14-8-26)24-10-18-43-19-11-24/h1-5,24-26H,6-11,13-22H2,(H,40,41)/t25-/m0/s1. The molecule has 240 valence electrons. The van der Waals surface area contributed by atoms with Crippen molar-refractivity contribution in [2.75, 3.05) is 57.4 Å². The summed E-state index contributed by atoms with van der Waals surface area (Å²) in [5.41, 5.74) is 2.43. The van der Waals surface area contributed by atoms with Crippen LogP contribution in [0.4, 0.5) is 15.4 Å². The van der Waals surface area contributed by atoms with Crippen molar-refractivity contribution in [3.63, 3.8) is 0 Å². The molecular weight excluding hydrogens is 578 g/mol. The number of ether oxygens (including phenoxy) is 3. The third kappa shape index (κ3) is 7.40. The Balaban J connectivity index is 1.17.